The molecule has 0 rings (SSSR count). The number of hydrogen-bond acceptors (Lipinski definition) is 2. The Hall–Kier alpha value is -1.58. The molecular weight excluding hydrogens is 216 g/mol. The van der Waals surface area contributed by atoms with E-state index < -0.39 is 0 Å². The van der Waals surface area contributed by atoms with Crippen molar-refractivity contribution >= 4 is 11.8 Å². The molecule has 2 amide bonds. The molecule has 0 aliphatic rings. The molecule has 0 atom stereocenters. The smallest absolute Gasteiger partial charge is 0.243 e. The lowest BCUT2D eigenvalue weighted by Gasteiger charge is -2.14. The van der Waals surface area contributed by atoms with Crippen molar-refractivity contribution in [3.8, 4) is 0 Å². The second-order valence-electron chi connectivity index (χ2n) is 3.84. The molecule has 2 N–H and O–H groups in total. The molecule has 0 aromatic rings. The lowest BCUT2D eigenvalue weighted by Crippen LogP contribution is -2.26. The van der Waals surface area contributed by atoms with E-state index in [1.165, 1.54) is 12.2 Å². The Morgan fingerprint density at radius 1 is 1.06 bits per heavy atom. The van der Waals surface area contributed by atoms with Gasteiger partial charge in [0.05, 0.1) is 0 Å². The van der Waals surface area contributed by atoms with Gasteiger partial charge in [-0.2, -0.15) is 0 Å². The van der Waals surface area contributed by atoms with Crippen molar-refractivity contribution in [3.63, 3.8) is 0 Å². The van der Waals surface area contributed by atoms with Gasteiger partial charge in [0.25, 0.3) is 0 Å². The Morgan fingerprint density at radius 3 is 1.76 bits per heavy atom. The highest BCUT2D eigenvalue weighted by Crippen LogP contribution is 2.11. The van der Waals surface area contributed by atoms with E-state index in [0.29, 0.717) is 19.0 Å². The third kappa shape index (κ3) is 8.25. The number of amides is 2. The monoisotopic (exact) mass is 238 g/mol. The number of carbonyl (C=O) groups excluding carboxylic acids is 2. The SMILES string of the molecule is C=CC(=O)NCCC(CC)CCNC(=O)C=C. The maximum atomic E-state index is 10.9. The van der Waals surface area contributed by atoms with E-state index in [9.17, 15) is 9.59 Å². The normalized spacial score (nSPS) is 9.76. The minimum absolute atomic E-state index is 0.139. The van der Waals surface area contributed by atoms with E-state index in [1.807, 2.05) is 0 Å². The highest BCUT2D eigenvalue weighted by molar-refractivity contribution is 5.87. The van der Waals surface area contributed by atoms with Crippen LogP contribution in [0.4, 0.5) is 0 Å². The van der Waals surface area contributed by atoms with Crippen molar-refractivity contribution in [2.75, 3.05) is 13.1 Å². The second kappa shape index (κ2) is 9.63. The summed E-state index contributed by atoms with van der Waals surface area (Å²) in [6, 6.07) is 0. The zero-order chi connectivity index (χ0) is 13.1. The van der Waals surface area contributed by atoms with Gasteiger partial charge in [0.15, 0.2) is 0 Å². The predicted octanol–water partition coefficient (Wildman–Crippen LogP) is 1.40. The van der Waals surface area contributed by atoms with Crippen LogP contribution in [0.2, 0.25) is 0 Å². The summed E-state index contributed by atoms with van der Waals surface area (Å²) in [4.78, 5) is 21.9. The van der Waals surface area contributed by atoms with Crippen LogP contribution in [-0.4, -0.2) is 24.9 Å². The Morgan fingerprint density at radius 2 is 1.47 bits per heavy atom. The molecule has 0 aromatic carbocycles. The van der Waals surface area contributed by atoms with E-state index in [-0.39, 0.29) is 11.8 Å². The molecule has 0 heterocycles. The molecule has 4 nitrogen and oxygen atoms in total. The lowest BCUT2D eigenvalue weighted by atomic mass is 9.98. The summed E-state index contributed by atoms with van der Waals surface area (Å²) >= 11 is 0. The van der Waals surface area contributed by atoms with Gasteiger partial charge in [0.1, 0.15) is 0 Å². The summed E-state index contributed by atoms with van der Waals surface area (Å²) in [6.07, 6.45) is 5.41. The molecule has 0 fully saturated rings. The number of rotatable bonds is 9. The van der Waals surface area contributed by atoms with Crippen LogP contribution in [0.15, 0.2) is 25.3 Å². The Kier molecular flexibility index (Phi) is 8.74. The zero-order valence-corrected chi connectivity index (χ0v) is 10.5. The Bertz CT molecular complexity index is 249. The van der Waals surface area contributed by atoms with Crippen molar-refractivity contribution in [3.05, 3.63) is 25.3 Å². The highest BCUT2D eigenvalue weighted by Gasteiger charge is 2.06. The van der Waals surface area contributed by atoms with Crippen molar-refractivity contribution in [1.29, 1.82) is 0 Å². The van der Waals surface area contributed by atoms with Crippen LogP contribution < -0.4 is 10.6 Å². The van der Waals surface area contributed by atoms with Crippen molar-refractivity contribution < 1.29 is 9.59 Å². The molecule has 0 bridgehead atoms. The number of carbonyl (C=O) groups is 2. The van der Waals surface area contributed by atoms with Crippen LogP contribution in [0.5, 0.6) is 0 Å². The van der Waals surface area contributed by atoms with Gasteiger partial charge in [-0.25, -0.2) is 0 Å². The molecule has 4 heteroatoms. The fourth-order valence-electron chi connectivity index (χ4n) is 1.50. The van der Waals surface area contributed by atoms with Crippen LogP contribution >= 0.6 is 0 Å². The Labute approximate surface area is 103 Å². The van der Waals surface area contributed by atoms with Gasteiger partial charge >= 0.3 is 0 Å². The topological polar surface area (TPSA) is 58.2 Å². The van der Waals surface area contributed by atoms with Gasteiger partial charge in [-0.15, -0.1) is 0 Å². The average molecular weight is 238 g/mol. The third-order valence-electron chi connectivity index (χ3n) is 2.65. The third-order valence-corrected chi connectivity index (χ3v) is 2.65. The summed E-state index contributed by atoms with van der Waals surface area (Å²) < 4.78 is 0. The van der Waals surface area contributed by atoms with Crippen LogP contribution in [0.3, 0.4) is 0 Å². The molecule has 0 aliphatic heterocycles. The molecular formula is C13H22N2O2. The maximum absolute atomic E-state index is 10.9. The van der Waals surface area contributed by atoms with Gasteiger partial charge in [-0.05, 0) is 30.9 Å². The van der Waals surface area contributed by atoms with Gasteiger partial charge in [-0.1, -0.05) is 26.5 Å². The fourth-order valence-corrected chi connectivity index (χ4v) is 1.50. The molecule has 0 spiro atoms. The Balaban J connectivity index is 3.69. The second-order valence-corrected chi connectivity index (χ2v) is 3.84. The largest absolute Gasteiger partial charge is 0.353 e. The summed E-state index contributed by atoms with van der Waals surface area (Å²) in [5, 5.41) is 5.49. The average Bonchev–Trinajstić information content (AvgIpc) is 2.36. The highest BCUT2D eigenvalue weighted by atomic mass is 16.2. The van der Waals surface area contributed by atoms with Crippen molar-refractivity contribution in [2.45, 2.75) is 26.2 Å². The van der Waals surface area contributed by atoms with E-state index in [1.54, 1.807) is 0 Å². The van der Waals surface area contributed by atoms with E-state index in [4.69, 9.17) is 0 Å². The number of hydrogen-bond donors (Lipinski definition) is 2. The maximum Gasteiger partial charge on any atom is 0.243 e. The summed E-state index contributed by atoms with van der Waals surface area (Å²) in [5.41, 5.74) is 0. The van der Waals surface area contributed by atoms with Gasteiger partial charge in [0.2, 0.25) is 11.8 Å². The molecule has 0 saturated heterocycles. The van der Waals surface area contributed by atoms with E-state index in [0.717, 1.165) is 19.3 Å². The van der Waals surface area contributed by atoms with Gasteiger partial charge in [-0.3, -0.25) is 9.59 Å². The van der Waals surface area contributed by atoms with Crippen LogP contribution in [0.1, 0.15) is 26.2 Å². The first-order chi connectivity index (χ1) is 8.13. The summed E-state index contributed by atoms with van der Waals surface area (Å²) in [6.45, 7) is 10.2. The minimum Gasteiger partial charge on any atom is -0.353 e. The standard InChI is InChI=1S/C13H22N2O2/c1-4-11(7-9-14-12(16)5-2)8-10-15-13(17)6-3/h5-6,11H,2-4,7-10H2,1H3,(H,14,16)(H,15,17). The molecule has 0 aromatic heterocycles. The van der Waals surface area contributed by atoms with Crippen molar-refractivity contribution in [1.82, 2.24) is 10.6 Å². The summed E-state index contributed by atoms with van der Waals surface area (Å²) in [5.74, 6) is 0.227. The van der Waals surface area contributed by atoms with Gasteiger partial charge in [0, 0.05) is 13.1 Å². The minimum atomic E-state index is -0.139. The molecule has 0 radical (unpaired) electrons. The predicted molar refractivity (Wildman–Crippen MR) is 69.4 cm³/mol. The molecule has 0 aliphatic carbocycles. The van der Waals surface area contributed by atoms with E-state index in [2.05, 4.69) is 30.7 Å². The van der Waals surface area contributed by atoms with Crippen LogP contribution in [0.25, 0.3) is 0 Å². The van der Waals surface area contributed by atoms with Gasteiger partial charge < -0.3 is 10.6 Å². The van der Waals surface area contributed by atoms with Crippen LogP contribution in [0, 0.1) is 5.92 Å². The quantitative estimate of drug-likeness (QED) is 0.596. The van der Waals surface area contributed by atoms with E-state index >= 15 is 0 Å². The lowest BCUT2D eigenvalue weighted by molar-refractivity contribution is -0.117. The molecule has 0 unspecified atom stereocenters. The molecule has 17 heavy (non-hydrogen) atoms. The van der Waals surface area contributed by atoms with Crippen molar-refractivity contribution in [2.24, 2.45) is 5.92 Å². The molecule has 0 saturated carbocycles. The first kappa shape index (κ1) is 15.4. The summed E-state index contributed by atoms with van der Waals surface area (Å²) in [7, 11) is 0. The first-order valence-electron chi connectivity index (χ1n) is 5.94. The molecule has 96 valence electrons. The zero-order valence-electron chi connectivity index (χ0n) is 10.5. The first-order valence-corrected chi connectivity index (χ1v) is 5.94. The number of nitrogens with one attached hydrogen (secondary N) is 2. The van der Waals surface area contributed by atoms with Crippen LogP contribution in [-0.2, 0) is 9.59 Å². The fraction of sp³-hybridized carbons (Fsp3) is 0.538.